The van der Waals surface area contributed by atoms with E-state index in [1.54, 1.807) is 32.9 Å². The summed E-state index contributed by atoms with van der Waals surface area (Å²) in [5.41, 5.74) is 1.96. The van der Waals surface area contributed by atoms with Crippen LogP contribution in [0.1, 0.15) is 37.8 Å². The maximum Gasteiger partial charge on any atom is 0.573 e. The predicted molar refractivity (Wildman–Crippen MR) is 141 cm³/mol. The quantitative estimate of drug-likeness (QED) is 0.249. The number of hydrogen-bond acceptors (Lipinski definition) is 6. The number of fused-ring (bicyclic) bond motifs is 1. The number of hydrogen-bond donors (Lipinski definition) is 0. The summed E-state index contributed by atoms with van der Waals surface area (Å²) in [7, 11) is -4.71. The molecule has 1 heterocycles. The number of rotatable bonds is 9. The average molecular weight is 558 g/mol. The van der Waals surface area contributed by atoms with Gasteiger partial charge in [-0.25, -0.2) is 13.4 Å². The molecule has 37 heavy (non-hydrogen) atoms. The molecular formula is C26H34F3NO5SSi. The highest BCUT2D eigenvalue weighted by molar-refractivity contribution is 7.91. The fourth-order valence-electron chi connectivity index (χ4n) is 3.53. The van der Waals surface area contributed by atoms with Crippen molar-refractivity contribution in [1.29, 1.82) is 0 Å². The number of nitrogens with zero attached hydrogens (tertiary/aromatic N) is 1. The molecule has 2 aromatic carbocycles. The van der Waals surface area contributed by atoms with E-state index >= 15 is 0 Å². The van der Waals surface area contributed by atoms with E-state index in [4.69, 9.17) is 9.47 Å². The molecule has 0 N–H and O–H groups in total. The van der Waals surface area contributed by atoms with Crippen molar-refractivity contribution < 1.29 is 35.8 Å². The van der Waals surface area contributed by atoms with E-state index in [0.717, 1.165) is 17.7 Å². The van der Waals surface area contributed by atoms with Crippen molar-refractivity contribution in [3.05, 3.63) is 53.6 Å². The molecule has 204 valence electrons. The number of benzene rings is 2. The molecule has 1 aliphatic rings. The Labute approximate surface area is 217 Å². The third-order valence-electron chi connectivity index (χ3n) is 5.83. The maximum atomic E-state index is 12.7. The van der Waals surface area contributed by atoms with Crippen molar-refractivity contribution in [3.8, 4) is 11.5 Å². The van der Waals surface area contributed by atoms with Crippen molar-refractivity contribution in [1.82, 2.24) is 0 Å². The SMILES string of the molecule is CC(C)(C)S(=O)(=O)Cc1ccc2c(c1)N=C(Oc1cccc(OC(F)(F)F)c1)C2COCC[Si](C)(C)C. The molecule has 1 atom stereocenters. The van der Waals surface area contributed by atoms with Gasteiger partial charge in [0.1, 0.15) is 11.5 Å². The molecule has 0 spiro atoms. The van der Waals surface area contributed by atoms with E-state index in [1.807, 2.05) is 6.07 Å². The number of alkyl halides is 3. The Kier molecular flexibility index (Phi) is 8.50. The van der Waals surface area contributed by atoms with Gasteiger partial charge >= 0.3 is 6.36 Å². The molecule has 0 saturated carbocycles. The fourth-order valence-corrected chi connectivity index (χ4v) is 5.33. The largest absolute Gasteiger partial charge is 0.573 e. The maximum absolute atomic E-state index is 12.7. The molecule has 11 heteroatoms. The average Bonchev–Trinajstić information content (AvgIpc) is 3.04. The van der Waals surface area contributed by atoms with Crippen LogP contribution in [-0.2, 0) is 20.3 Å². The van der Waals surface area contributed by atoms with Crippen molar-refractivity contribution >= 4 is 29.5 Å². The molecule has 2 aromatic rings. The van der Waals surface area contributed by atoms with E-state index in [2.05, 4.69) is 29.4 Å². The van der Waals surface area contributed by atoms with Gasteiger partial charge in [0.05, 0.1) is 28.7 Å². The lowest BCUT2D eigenvalue weighted by atomic mass is 9.99. The monoisotopic (exact) mass is 557 g/mol. The summed E-state index contributed by atoms with van der Waals surface area (Å²) in [5, 5.41) is 0. The highest BCUT2D eigenvalue weighted by Gasteiger charge is 2.34. The lowest BCUT2D eigenvalue weighted by Gasteiger charge is -2.20. The van der Waals surface area contributed by atoms with Gasteiger partial charge in [-0.2, -0.15) is 0 Å². The first kappa shape index (κ1) is 29.2. The van der Waals surface area contributed by atoms with Gasteiger partial charge < -0.3 is 14.2 Å². The summed E-state index contributed by atoms with van der Waals surface area (Å²) in [6.45, 7) is 12.6. The number of ether oxygens (including phenoxy) is 3. The molecule has 0 aliphatic carbocycles. The van der Waals surface area contributed by atoms with Crippen molar-refractivity contribution in [2.24, 2.45) is 4.99 Å². The Morgan fingerprint density at radius 1 is 1.00 bits per heavy atom. The zero-order valence-electron chi connectivity index (χ0n) is 22.0. The zero-order chi connectivity index (χ0) is 27.6. The summed E-state index contributed by atoms with van der Waals surface area (Å²) in [5.74, 6) is -0.529. The van der Waals surface area contributed by atoms with Crippen LogP contribution in [0, 0.1) is 0 Å². The van der Waals surface area contributed by atoms with Crippen LogP contribution in [0.3, 0.4) is 0 Å². The molecule has 3 rings (SSSR count). The standard InChI is InChI=1S/C26H34F3NO5SSi/c1-25(2,3)36(31,32)17-18-10-11-21-22(16-33-12-13-37(4,5)6)24(30-23(21)14-18)34-19-8-7-9-20(15-19)35-26(27,28)29/h7-11,14-15,22H,12-13,16-17H2,1-6H3. The summed E-state index contributed by atoms with van der Waals surface area (Å²) in [6, 6.07) is 11.5. The van der Waals surface area contributed by atoms with Gasteiger partial charge in [0, 0.05) is 20.7 Å². The van der Waals surface area contributed by atoms with Crippen LogP contribution in [0.5, 0.6) is 11.5 Å². The summed E-state index contributed by atoms with van der Waals surface area (Å²) >= 11 is 0. The number of aliphatic imine (C=N–C) groups is 1. The second kappa shape index (κ2) is 10.8. The van der Waals surface area contributed by atoms with Crippen molar-refractivity contribution in [2.75, 3.05) is 13.2 Å². The van der Waals surface area contributed by atoms with Crippen molar-refractivity contribution in [3.63, 3.8) is 0 Å². The molecular weight excluding hydrogens is 523 g/mol. The van der Waals surface area contributed by atoms with Gasteiger partial charge in [-0.05, 0) is 56.1 Å². The van der Waals surface area contributed by atoms with E-state index in [1.165, 1.54) is 18.2 Å². The molecule has 0 radical (unpaired) electrons. The Morgan fingerprint density at radius 2 is 1.68 bits per heavy atom. The second-order valence-electron chi connectivity index (χ2n) is 11.3. The van der Waals surface area contributed by atoms with Crippen LogP contribution < -0.4 is 9.47 Å². The molecule has 0 aromatic heterocycles. The smallest absolute Gasteiger partial charge is 0.442 e. The number of halogens is 3. The minimum absolute atomic E-state index is 0.135. The molecule has 0 bridgehead atoms. The van der Waals surface area contributed by atoms with E-state index in [0.29, 0.717) is 17.9 Å². The lowest BCUT2D eigenvalue weighted by Crippen LogP contribution is -2.29. The Hall–Kier alpha value is -2.37. The first-order valence-corrected chi connectivity index (χ1v) is 17.3. The minimum Gasteiger partial charge on any atom is -0.442 e. The van der Waals surface area contributed by atoms with Crippen molar-refractivity contribution in [2.45, 2.75) is 69.2 Å². The fraction of sp³-hybridized carbons (Fsp3) is 0.500. The van der Waals surface area contributed by atoms with Gasteiger partial charge in [-0.15, -0.1) is 13.2 Å². The van der Waals surface area contributed by atoms with Crippen LogP contribution in [0.4, 0.5) is 18.9 Å². The van der Waals surface area contributed by atoms with Gasteiger partial charge in [0.25, 0.3) is 0 Å². The van der Waals surface area contributed by atoms with Crippen LogP contribution in [0.15, 0.2) is 47.5 Å². The minimum atomic E-state index is -4.82. The highest BCUT2D eigenvalue weighted by Crippen LogP contribution is 2.38. The summed E-state index contributed by atoms with van der Waals surface area (Å²) in [4.78, 5) is 4.58. The number of sulfone groups is 1. The Balaban J connectivity index is 1.87. The summed E-state index contributed by atoms with van der Waals surface area (Å²) in [6.07, 6.45) is -4.82. The molecule has 1 unspecified atom stereocenters. The highest BCUT2D eigenvalue weighted by atomic mass is 32.2. The summed E-state index contributed by atoms with van der Waals surface area (Å²) < 4.78 is 78.4. The van der Waals surface area contributed by atoms with Crippen LogP contribution >= 0.6 is 0 Å². The van der Waals surface area contributed by atoms with Gasteiger partial charge in [0.15, 0.2) is 9.84 Å². The Bertz CT molecular complexity index is 1250. The third kappa shape index (κ3) is 8.31. The topological polar surface area (TPSA) is 74.2 Å². The molecule has 1 aliphatic heterocycles. The molecule has 0 amide bonds. The molecule has 0 saturated heterocycles. The predicted octanol–water partition coefficient (Wildman–Crippen LogP) is 6.86. The second-order valence-corrected chi connectivity index (χ2v) is 19.6. The third-order valence-corrected chi connectivity index (χ3v) is 10.1. The van der Waals surface area contributed by atoms with E-state index < -0.39 is 40.7 Å². The van der Waals surface area contributed by atoms with E-state index in [9.17, 15) is 21.6 Å². The van der Waals surface area contributed by atoms with Crippen LogP contribution in [-0.4, -0.2) is 46.7 Å². The van der Waals surface area contributed by atoms with Gasteiger partial charge in [-0.3, -0.25) is 0 Å². The Morgan fingerprint density at radius 3 is 2.30 bits per heavy atom. The zero-order valence-corrected chi connectivity index (χ0v) is 23.8. The van der Waals surface area contributed by atoms with Crippen LogP contribution in [0.25, 0.3) is 0 Å². The first-order valence-electron chi connectivity index (χ1n) is 12.0. The van der Waals surface area contributed by atoms with Gasteiger partial charge in [0.2, 0.25) is 5.90 Å². The van der Waals surface area contributed by atoms with Crippen LogP contribution in [0.2, 0.25) is 25.7 Å². The normalized spacial score (nSPS) is 16.4. The molecule has 6 nitrogen and oxygen atoms in total. The van der Waals surface area contributed by atoms with Gasteiger partial charge in [-0.1, -0.05) is 37.8 Å². The molecule has 0 fully saturated rings. The lowest BCUT2D eigenvalue weighted by molar-refractivity contribution is -0.274. The first-order chi connectivity index (χ1) is 16.9. The van der Waals surface area contributed by atoms with E-state index in [-0.39, 0.29) is 24.0 Å².